The van der Waals surface area contributed by atoms with Gasteiger partial charge in [-0.25, -0.2) is 4.98 Å². The lowest BCUT2D eigenvalue weighted by Crippen LogP contribution is -2.28. The second-order valence-corrected chi connectivity index (χ2v) is 7.28. The third kappa shape index (κ3) is 4.86. The molecule has 158 valence electrons. The molecule has 0 unspecified atom stereocenters. The van der Waals surface area contributed by atoms with Crippen molar-refractivity contribution in [2.24, 2.45) is 0 Å². The number of carbonyl (C=O) groups is 1. The number of benzene rings is 3. The third-order valence-electron chi connectivity index (χ3n) is 5.13. The largest absolute Gasteiger partial charge is 0.497 e. The number of ether oxygens (including phenoxy) is 2. The number of para-hydroxylation sites is 3. The summed E-state index contributed by atoms with van der Waals surface area (Å²) in [6, 6.07) is 23.3. The Hall–Kier alpha value is -3.80. The number of fused-ring (bicyclic) bond motifs is 1. The molecule has 0 atom stereocenters. The first-order valence-electron chi connectivity index (χ1n) is 10.2. The maximum atomic E-state index is 12.7. The predicted octanol–water partition coefficient (Wildman–Crippen LogP) is 4.25. The van der Waals surface area contributed by atoms with Crippen molar-refractivity contribution in [2.45, 2.75) is 26.6 Å². The molecule has 0 aliphatic rings. The normalized spacial score (nSPS) is 10.8. The molecular formula is C25H25N3O3. The van der Waals surface area contributed by atoms with Crippen molar-refractivity contribution in [3.8, 4) is 11.5 Å². The number of imidazole rings is 1. The smallest absolute Gasteiger partial charge is 0.240 e. The molecule has 1 amide bonds. The van der Waals surface area contributed by atoms with E-state index in [9.17, 15) is 4.79 Å². The van der Waals surface area contributed by atoms with Crippen LogP contribution in [0, 0.1) is 6.92 Å². The highest BCUT2D eigenvalue weighted by molar-refractivity contribution is 5.81. The Morgan fingerprint density at radius 3 is 2.52 bits per heavy atom. The first kappa shape index (κ1) is 20.5. The number of aromatic nitrogens is 2. The van der Waals surface area contributed by atoms with E-state index in [0.29, 0.717) is 12.4 Å². The van der Waals surface area contributed by atoms with Crippen LogP contribution in [0.4, 0.5) is 0 Å². The van der Waals surface area contributed by atoms with Crippen LogP contribution in [-0.4, -0.2) is 22.6 Å². The summed E-state index contributed by atoms with van der Waals surface area (Å²) in [6.07, 6.45) is 0. The van der Waals surface area contributed by atoms with E-state index in [1.807, 2.05) is 84.3 Å². The van der Waals surface area contributed by atoms with Crippen LogP contribution in [0.25, 0.3) is 11.0 Å². The average molecular weight is 415 g/mol. The second-order valence-electron chi connectivity index (χ2n) is 7.28. The van der Waals surface area contributed by atoms with Crippen LogP contribution in [0.3, 0.4) is 0 Å². The van der Waals surface area contributed by atoms with E-state index in [0.717, 1.165) is 33.7 Å². The van der Waals surface area contributed by atoms with Crippen molar-refractivity contribution in [3.05, 3.63) is 89.7 Å². The summed E-state index contributed by atoms with van der Waals surface area (Å²) in [4.78, 5) is 17.4. The van der Waals surface area contributed by atoms with Crippen LogP contribution in [0.1, 0.15) is 17.0 Å². The summed E-state index contributed by atoms with van der Waals surface area (Å²) in [5.74, 6) is 2.23. The topological polar surface area (TPSA) is 65.4 Å². The van der Waals surface area contributed by atoms with Gasteiger partial charge >= 0.3 is 0 Å². The van der Waals surface area contributed by atoms with Crippen LogP contribution in [0.2, 0.25) is 0 Å². The Kier molecular flexibility index (Phi) is 6.17. The molecule has 6 heteroatoms. The Labute approximate surface area is 181 Å². The fourth-order valence-corrected chi connectivity index (χ4v) is 3.42. The predicted molar refractivity (Wildman–Crippen MR) is 120 cm³/mol. The summed E-state index contributed by atoms with van der Waals surface area (Å²) >= 11 is 0. The number of aryl methyl sites for hydroxylation is 1. The van der Waals surface area contributed by atoms with E-state index in [-0.39, 0.29) is 19.1 Å². The molecule has 0 radical (unpaired) electrons. The Balaban J connectivity index is 1.48. The van der Waals surface area contributed by atoms with Crippen molar-refractivity contribution < 1.29 is 14.3 Å². The van der Waals surface area contributed by atoms with Gasteiger partial charge in [-0.05, 0) is 48.4 Å². The summed E-state index contributed by atoms with van der Waals surface area (Å²) in [5, 5.41) is 2.98. The molecule has 1 aromatic heterocycles. The summed E-state index contributed by atoms with van der Waals surface area (Å²) in [6.45, 7) is 2.91. The molecule has 0 saturated heterocycles. The van der Waals surface area contributed by atoms with Gasteiger partial charge in [0.25, 0.3) is 0 Å². The number of hydrogen-bond donors (Lipinski definition) is 1. The van der Waals surface area contributed by atoms with E-state index in [1.54, 1.807) is 7.11 Å². The number of amides is 1. The van der Waals surface area contributed by atoms with Gasteiger partial charge in [-0.1, -0.05) is 42.5 Å². The number of nitrogens with zero attached hydrogens (tertiary/aromatic N) is 2. The molecule has 0 bridgehead atoms. The van der Waals surface area contributed by atoms with Crippen LogP contribution in [0.15, 0.2) is 72.8 Å². The number of hydrogen-bond acceptors (Lipinski definition) is 4. The fourth-order valence-electron chi connectivity index (χ4n) is 3.42. The molecule has 1 heterocycles. The van der Waals surface area contributed by atoms with E-state index in [4.69, 9.17) is 14.5 Å². The summed E-state index contributed by atoms with van der Waals surface area (Å²) in [5.41, 5.74) is 3.81. The monoisotopic (exact) mass is 415 g/mol. The summed E-state index contributed by atoms with van der Waals surface area (Å²) < 4.78 is 13.1. The lowest BCUT2D eigenvalue weighted by Gasteiger charge is -2.12. The van der Waals surface area contributed by atoms with Crippen molar-refractivity contribution in [3.63, 3.8) is 0 Å². The van der Waals surface area contributed by atoms with Gasteiger partial charge < -0.3 is 19.4 Å². The molecule has 0 spiro atoms. The van der Waals surface area contributed by atoms with Crippen molar-refractivity contribution in [2.75, 3.05) is 7.11 Å². The van der Waals surface area contributed by atoms with Crippen molar-refractivity contribution >= 4 is 16.9 Å². The number of nitrogens with one attached hydrogen (secondary N) is 1. The second kappa shape index (κ2) is 9.34. The van der Waals surface area contributed by atoms with Gasteiger partial charge in [0.15, 0.2) is 0 Å². The molecule has 4 aromatic rings. The number of methoxy groups -OCH3 is 1. The maximum Gasteiger partial charge on any atom is 0.240 e. The maximum absolute atomic E-state index is 12.7. The van der Waals surface area contributed by atoms with E-state index in [2.05, 4.69) is 5.32 Å². The number of carbonyl (C=O) groups excluding carboxylic acids is 1. The lowest BCUT2D eigenvalue weighted by atomic mass is 10.2. The first-order chi connectivity index (χ1) is 15.1. The molecule has 1 N–H and O–H groups in total. The van der Waals surface area contributed by atoms with E-state index < -0.39 is 0 Å². The Bertz CT molecular complexity index is 1180. The van der Waals surface area contributed by atoms with Crippen LogP contribution >= 0.6 is 0 Å². The van der Waals surface area contributed by atoms with Gasteiger partial charge in [0.05, 0.1) is 18.1 Å². The highest BCUT2D eigenvalue weighted by Gasteiger charge is 2.14. The van der Waals surface area contributed by atoms with Crippen LogP contribution < -0.4 is 14.8 Å². The molecule has 0 saturated carbocycles. The molecule has 4 rings (SSSR count). The average Bonchev–Trinajstić information content (AvgIpc) is 3.15. The van der Waals surface area contributed by atoms with Gasteiger partial charge in [0.1, 0.15) is 30.5 Å². The van der Waals surface area contributed by atoms with Crippen molar-refractivity contribution in [1.29, 1.82) is 0 Å². The lowest BCUT2D eigenvalue weighted by molar-refractivity contribution is -0.121. The zero-order valence-corrected chi connectivity index (χ0v) is 17.7. The first-order valence-corrected chi connectivity index (χ1v) is 10.2. The minimum absolute atomic E-state index is 0.0869. The molecule has 6 nitrogen and oxygen atoms in total. The third-order valence-corrected chi connectivity index (χ3v) is 5.13. The van der Waals surface area contributed by atoms with Crippen LogP contribution in [-0.2, 0) is 24.5 Å². The van der Waals surface area contributed by atoms with Gasteiger partial charge in [0.2, 0.25) is 5.91 Å². The summed E-state index contributed by atoms with van der Waals surface area (Å²) in [7, 11) is 1.63. The van der Waals surface area contributed by atoms with E-state index >= 15 is 0 Å². The standard InChI is InChI=1S/C25H25N3O3/c1-18-7-3-6-10-23(18)31-17-24-27-21-8-4-5-9-22(21)28(24)16-25(29)26-15-19-11-13-20(30-2)14-12-19/h3-14H,15-17H2,1-2H3,(H,26,29). The highest BCUT2D eigenvalue weighted by Crippen LogP contribution is 2.20. The molecule has 3 aromatic carbocycles. The number of rotatable bonds is 8. The van der Waals surface area contributed by atoms with Gasteiger partial charge in [-0.15, -0.1) is 0 Å². The quantitative estimate of drug-likeness (QED) is 0.467. The van der Waals surface area contributed by atoms with Crippen molar-refractivity contribution in [1.82, 2.24) is 14.9 Å². The zero-order valence-electron chi connectivity index (χ0n) is 17.7. The van der Waals surface area contributed by atoms with E-state index in [1.165, 1.54) is 0 Å². The SMILES string of the molecule is COc1ccc(CNC(=O)Cn2c(COc3ccccc3C)nc3ccccc32)cc1. The molecule has 0 aliphatic carbocycles. The Morgan fingerprint density at radius 2 is 1.74 bits per heavy atom. The Morgan fingerprint density at radius 1 is 1.00 bits per heavy atom. The minimum Gasteiger partial charge on any atom is -0.497 e. The zero-order chi connectivity index (χ0) is 21.6. The molecular weight excluding hydrogens is 390 g/mol. The minimum atomic E-state index is -0.0869. The van der Waals surface area contributed by atoms with Gasteiger partial charge in [-0.2, -0.15) is 0 Å². The highest BCUT2D eigenvalue weighted by atomic mass is 16.5. The molecule has 0 aliphatic heterocycles. The molecule has 0 fully saturated rings. The fraction of sp³-hybridized carbons (Fsp3) is 0.200. The van der Waals surface area contributed by atoms with Gasteiger partial charge in [0, 0.05) is 6.54 Å². The van der Waals surface area contributed by atoms with Crippen LogP contribution in [0.5, 0.6) is 11.5 Å². The molecule has 31 heavy (non-hydrogen) atoms. The van der Waals surface area contributed by atoms with Gasteiger partial charge in [-0.3, -0.25) is 4.79 Å².